The van der Waals surface area contributed by atoms with Gasteiger partial charge in [0.15, 0.2) is 0 Å². The fraction of sp³-hybridized carbons (Fsp3) is 0.524. The molecule has 2 aliphatic heterocycles. The van der Waals surface area contributed by atoms with Crippen LogP contribution in [0.3, 0.4) is 0 Å². The first-order chi connectivity index (χ1) is 13.3. The Hall–Kier alpha value is -2.54. The summed E-state index contributed by atoms with van der Waals surface area (Å²) in [6.07, 6.45) is 3.62. The van der Waals surface area contributed by atoms with Crippen LogP contribution in [0.5, 0.6) is 0 Å². The first-order valence-electron chi connectivity index (χ1n) is 9.51. The Morgan fingerprint density at radius 1 is 1.25 bits per heavy atom. The van der Waals surface area contributed by atoms with Crippen molar-refractivity contribution in [2.45, 2.75) is 51.0 Å². The van der Waals surface area contributed by atoms with E-state index in [2.05, 4.69) is 5.32 Å². The highest BCUT2D eigenvalue weighted by atomic mass is 16.6. The predicted molar refractivity (Wildman–Crippen MR) is 104 cm³/mol. The van der Waals surface area contributed by atoms with Crippen molar-refractivity contribution in [2.75, 3.05) is 19.7 Å². The number of carbonyl (C=O) groups is 2. The molecule has 2 aliphatic rings. The maximum absolute atomic E-state index is 12.6. The minimum Gasteiger partial charge on any atom is -0.445 e. The average molecular weight is 388 g/mol. The number of alkyl carbamates (subject to hydrolysis) is 1. The topological polar surface area (TPSA) is 77.1 Å². The van der Waals surface area contributed by atoms with Crippen LogP contribution in [0.2, 0.25) is 0 Å². The molecule has 1 aromatic carbocycles. The van der Waals surface area contributed by atoms with E-state index < -0.39 is 23.4 Å². The third-order valence-electron chi connectivity index (χ3n) is 4.75. The predicted octanol–water partition coefficient (Wildman–Crippen LogP) is 3.25. The molecule has 3 rings (SSSR count). The van der Waals surface area contributed by atoms with E-state index in [0.29, 0.717) is 26.1 Å². The van der Waals surface area contributed by atoms with E-state index in [0.717, 1.165) is 5.56 Å². The highest BCUT2D eigenvalue weighted by Gasteiger charge is 2.50. The minimum atomic E-state index is -0.669. The van der Waals surface area contributed by atoms with Crippen molar-refractivity contribution in [3.8, 4) is 0 Å². The summed E-state index contributed by atoms with van der Waals surface area (Å²) in [7, 11) is 0. The Morgan fingerprint density at radius 3 is 2.64 bits per heavy atom. The molecular weight excluding hydrogens is 360 g/mol. The second-order valence-electron chi connectivity index (χ2n) is 8.17. The van der Waals surface area contributed by atoms with Crippen LogP contribution in [-0.2, 0) is 20.8 Å². The Kier molecular flexibility index (Phi) is 5.93. The maximum atomic E-state index is 12.6. The number of carbonyl (C=O) groups excluding carboxylic acids is 2. The van der Waals surface area contributed by atoms with Crippen LogP contribution < -0.4 is 5.32 Å². The lowest BCUT2D eigenvalue weighted by Gasteiger charge is -2.36. The van der Waals surface area contributed by atoms with Crippen molar-refractivity contribution in [3.63, 3.8) is 0 Å². The number of benzene rings is 1. The summed E-state index contributed by atoms with van der Waals surface area (Å²) in [6.45, 7) is 6.73. The second kappa shape index (κ2) is 8.22. The zero-order valence-electron chi connectivity index (χ0n) is 16.6. The molecule has 1 spiro atoms. The lowest BCUT2D eigenvalue weighted by atomic mass is 9.92. The minimum absolute atomic E-state index is 0.202. The summed E-state index contributed by atoms with van der Waals surface area (Å²) in [6, 6.07) is 9.14. The van der Waals surface area contributed by atoms with Gasteiger partial charge in [-0.1, -0.05) is 42.5 Å². The van der Waals surface area contributed by atoms with Gasteiger partial charge in [-0.2, -0.15) is 0 Å². The molecule has 2 heterocycles. The molecule has 1 N–H and O–H groups in total. The van der Waals surface area contributed by atoms with Crippen LogP contribution >= 0.6 is 0 Å². The summed E-state index contributed by atoms with van der Waals surface area (Å²) < 4.78 is 16.8. The third-order valence-corrected chi connectivity index (χ3v) is 4.75. The average Bonchev–Trinajstić information content (AvgIpc) is 2.97. The van der Waals surface area contributed by atoms with Gasteiger partial charge in [0, 0.05) is 6.54 Å². The molecule has 0 bridgehead atoms. The van der Waals surface area contributed by atoms with Crippen LogP contribution in [0, 0.1) is 0 Å². The van der Waals surface area contributed by atoms with E-state index in [4.69, 9.17) is 14.2 Å². The third kappa shape index (κ3) is 5.04. The number of nitrogens with one attached hydrogen (secondary N) is 1. The zero-order valence-corrected chi connectivity index (χ0v) is 16.6. The number of nitrogens with zero attached hydrogens (tertiary/aromatic N) is 1. The van der Waals surface area contributed by atoms with Crippen molar-refractivity contribution >= 4 is 12.2 Å². The fourth-order valence-corrected chi connectivity index (χ4v) is 3.44. The van der Waals surface area contributed by atoms with Gasteiger partial charge in [-0.3, -0.25) is 0 Å². The van der Waals surface area contributed by atoms with Crippen molar-refractivity contribution in [2.24, 2.45) is 0 Å². The van der Waals surface area contributed by atoms with Crippen molar-refractivity contribution in [3.05, 3.63) is 48.0 Å². The van der Waals surface area contributed by atoms with Crippen molar-refractivity contribution < 1.29 is 23.8 Å². The van der Waals surface area contributed by atoms with Crippen molar-refractivity contribution in [1.29, 1.82) is 0 Å². The molecule has 28 heavy (non-hydrogen) atoms. The fourth-order valence-electron chi connectivity index (χ4n) is 3.44. The Labute approximate surface area is 165 Å². The molecule has 1 fully saturated rings. The zero-order chi connectivity index (χ0) is 20.2. The SMILES string of the molecule is CC(C)(C)OC(=O)NC1CN(C(=O)OCc2ccccc2)CC12CC=CCO2. The first-order valence-corrected chi connectivity index (χ1v) is 9.51. The Balaban J connectivity index is 1.65. The van der Waals surface area contributed by atoms with Gasteiger partial charge < -0.3 is 24.4 Å². The standard InChI is InChI=1S/C21H28N2O5/c1-20(2,3)28-18(24)22-17-13-23(15-21(17)11-7-8-12-27-21)19(25)26-14-16-9-5-4-6-10-16/h4-10,17H,11-15H2,1-3H3,(H,22,24). The molecular formula is C21H28N2O5. The lowest BCUT2D eigenvalue weighted by molar-refractivity contribution is -0.0456. The van der Waals surface area contributed by atoms with E-state index in [1.807, 2.05) is 63.3 Å². The molecule has 1 aromatic rings. The number of hydrogen-bond acceptors (Lipinski definition) is 5. The Morgan fingerprint density at radius 2 is 2.00 bits per heavy atom. The van der Waals surface area contributed by atoms with E-state index in [9.17, 15) is 9.59 Å². The molecule has 0 aliphatic carbocycles. The van der Waals surface area contributed by atoms with E-state index in [1.54, 1.807) is 4.90 Å². The quantitative estimate of drug-likeness (QED) is 0.805. The number of hydrogen-bond donors (Lipinski definition) is 1. The molecule has 2 amide bonds. The smallest absolute Gasteiger partial charge is 0.410 e. The van der Waals surface area contributed by atoms with Gasteiger partial charge in [0.25, 0.3) is 0 Å². The van der Waals surface area contributed by atoms with Gasteiger partial charge in [-0.15, -0.1) is 0 Å². The monoisotopic (exact) mass is 388 g/mol. The molecule has 0 aromatic heterocycles. The van der Waals surface area contributed by atoms with E-state index >= 15 is 0 Å². The summed E-state index contributed by atoms with van der Waals surface area (Å²) in [5.74, 6) is 0. The van der Waals surface area contributed by atoms with Gasteiger partial charge in [0.05, 0.1) is 19.2 Å². The number of amides is 2. The highest BCUT2D eigenvalue weighted by Crippen LogP contribution is 2.33. The lowest BCUT2D eigenvalue weighted by Crippen LogP contribution is -2.55. The number of likely N-dealkylation sites (tertiary alicyclic amines) is 1. The molecule has 7 nitrogen and oxygen atoms in total. The van der Waals surface area contributed by atoms with Gasteiger partial charge in [-0.05, 0) is 32.8 Å². The first kappa shape index (κ1) is 20.2. The van der Waals surface area contributed by atoms with Crippen LogP contribution in [0.1, 0.15) is 32.8 Å². The highest BCUT2D eigenvalue weighted by molar-refractivity contribution is 5.71. The summed E-state index contributed by atoms with van der Waals surface area (Å²) >= 11 is 0. The van der Waals surface area contributed by atoms with E-state index in [1.165, 1.54) is 0 Å². The van der Waals surface area contributed by atoms with Gasteiger partial charge in [0.1, 0.15) is 17.8 Å². The molecule has 0 saturated carbocycles. The van der Waals surface area contributed by atoms with Crippen LogP contribution in [-0.4, -0.2) is 54.0 Å². The van der Waals surface area contributed by atoms with Crippen LogP contribution in [0.25, 0.3) is 0 Å². The van der Waals surface area contributed by atoms with Crippen LogP contribution in [0.15, 0.2) is 42.5 Å². The van der Waals surface area contributed by atoms with Crippen LogP contribution in [0.4, 0.5) is 9.59 Å². The summed E-state index contributed by atoms with van der Waals surface area (Å²) in [5, 5.41) is 2.89. The van der Waals surface area contributed by atoms with Gasteiger partial charge >= 0.3 is 12.2 Å². The molecule has 7 heteroatoms. The largest absolute Gasteiger partial charge is 0.445 e. The van der Waals surface area contributed by atoms with Gasteiger partial charge in [0.2, 0.25) is 0 Å². The second-order valence-corrected chi connectivity index (χ2v) is 8.17. The molecule has 152 valence electrons. The van der Waals surface area contributed by atoms with Gasteiger partial charge in [-0.25, -0.2) is 9.59 Å². The summed E-state index contributed by atoms with van der Waals surface area (Å²) in [5.41, 5.74) is -0.348. The number of ether oxygens (including phenoxy) is 3. The normalized spacial score (nSPS) is 24.2. The van der Waals surface area contributed by atoms with E-state index in [-0.39, 0.29) is 12.6 Å². The maximum Gasteiger partial charge on any atom is 0.410 e. The molecule has 1 saturated heterocycles. The summed E-state index contributed by atoms with van der Waals surface area (Å²) in [4.78, 5) is 26.5. The van der Waals surface area contributed by atoms with Crippen molar-refractivity contribution in [1.82, 2.24) is 10.2 Å². The number of rotatable bonds is 3. The molecule has 2 unspecified atom stereocenters. The Bertz CT molecular complexity index is 728. The molecule has 2 atom stereocenters. The molecule has 0 radical (unpaired) electrons.